The minimum atomic E-state index is -4.32. The van der Waals surface area contributed by atoms with Crippen LogP contribution >= 0.6 is 0 Å². The molecule has 0 saturated carbocycles. The van der Waals surface area contributed by atoms with E-state index in [9.17, 15) is 18.0 Å². The third-order valence-electron chi connectivity index (χ3n) is 2.96. The largest absolute Gasteiger partial charge is 0.416 e. The van der Waals surface area contributed by atoms with E-state index in [-0.39, 0.29) is 6.03 Å². The Labute approximate surface area is 103 Å². The number of hydrogen-bond donors (Lipinski definition) is 0. The first kappa shape index (κ1) is 12.7. The predicted octanol–water partition coefficient (Wildman–Crippen LogP) is 2.57. The van der Waals surface area contributed by atoms with Crippen LogP contribution in [0.1, 0.15) is 11.1 Å². The molecular weight excluding hydrogens is 245 g/mol. The number of likely N-dealkylation sites (N-methyl/N-ethyl adjacent to an activating group) is 1. The normalized spacial score (nSPS) is 16.6. The van der Waals surface area contributed by atoms with E-state index < -0.39 is 11.7 Å². The Hall–Kier alpha value is -1.72. The Morgan fingerprint density at radius 2 is 1.78 bits per heavy atom. The molecule has 18 heavy (non-hydrogen) atoms. The Kier molecular flexibility index (Phi) is 3.19. The van der Waals surface area contributed by atoms with Gasteiger partial charge in [-0.2, -0.15) is 13.2 Å². The third kappa shape index (κ3) is 2.57. The van der Waals surface area contributed by atoms with Crippen molar-refractivity contribution in [2.75, 3.05) is 20.1 Å². The molecule has 1 aliphatic heterocycles. The van der Waals surface area contributed by atoms with Crippen molar-refractivity contribution in [1.29, 1.82) is 0 Å². The first-order valence-electron chi connectivity index (χ1n) is 5.54. The molecule has 0 aliphatic carbocycles. The molecule has 3 nitrogen and oxygen atoms in total. The Bertz CT molecular complexity index is 442. The monoisotopic (exact) mass is 258 g/mol. The van der Waals surface area contributed by atoms with E-state index in [0.29, 0.717) is 25.2 Å². The number of alkyl halides is 3. The van der Waals surface area contributed by atoms with Crippen LogP contribution in [0, 0.1) is 0 Å². The molecule has 0 radical (unpaired) electrons. The van der Waals surface area contributed by atoms with Crippen molar-refractivity contribution < 1.29 is 18.0 Å². The standard InChI is InChI=1S/C12H13F3N2O/c1-16-6-7-17(11(16)18)8-9-2-4-10(5-3-9)12(13,14)15/h2-5H,6-8H2,1H3. The van der Waals surface area contributed by atoms with Crippen molar-refractivity contribution in [3.63, 3.8) is 0 Å². The van der Waals surface area contributed by atoms with Gasteiger partial charge in [-0.05, 0) is 17.7 Å². The number of hydrogen-bond acceptors (Lipinski definition) is 1. The van der Waals surface area contributed by atoms with Gasteiger partial charge in [-0.15, -0.1) is 0 Å². The smallest absolute Gasteiger partial charge is 0.326 e. The van der Waals surface area contributed by atoms with E-state index in [1.54, 1.807) is 16.8 Å². The molecule has 0 unspecified atom stereocenters. The highest BCUT2D eigenvalue weighted by atomic mass is 19.4. The highest BCUT2D eigenvalue weighted by Gasteiger charge is 2.30. The lowest BCUT2D eigenvalue weighted by Crippen LogP contribution is -2.28. The third-order valence-corrected chi connectivity index (χ3v) is 2.96. The van der Waals surface area contributed by atoms with Gasteiger partial charge in [0.1, 0.15) is 0 Å². The molecule has 0 N–H and O–H groups in total. The quantitative estimate of drug-likeness (QED) is 0.799. The molecule has 1 aliphatic rings. The van der Waals surface area contributed by atoms with Gasteiger partial charge in [-0.3, -0.25) is 0 Å². The molecule has 1 saturated heterocycles. The summed E-state index contributed by atoms with van der Waals surface area (Å²) in [6.45, 7) is 1.61. The van der Waals surface area contributed by atoms with E-state index in [0.717, 1.165) is 12.1 Å². The summed E-state index contributed by atoms with van der Waals surface area (Å²) in [7, 11) is 1.70. The minimum Gasteiger partial charge on any atom is -0.326 e. The van der Waals surface area contributed by atoms with Gasteiger partial charge in [0.25, 0.3) is 0 Å². The van der Waals surface area contributed by atoms with Gasteiger partial charge < -0.3 is 9.80 Å². The van der Waals surface area contributed by atoms with Gasteiger partial charge in [0.15, 0.2) is 0 Å². The van der Waals surface area contributed by atoms with Crippen LogP contribution in [0.5, 0.6) is 0 Å². The van der Waals surface area contributed by atoms with Gasteiger partial charge in [0, 0.05) is 26.7 Å². The van der Waals surface area contributed by atoms with Crippen LogP contribution < -0.4 is 0 Å². The van der Waals surface area contributed by atoms with Crippen molar-refractivity contribution in [3.8, 4) is 0 Å². The van der Waals surface area contributed by atoms with Crippen molar-refractivity contribution >= 4 is 6.03 Å². The molecular formula is C12H13F3N2O. The highest BCUT2D eigenvalue weighted by Crippen LogP contribution is 2.29. The fourth-order valence-electron chi connectivity index (χ4n) is 1.87. The number of carbonyl (C=O) groups is 1. The van der Waals surface area contributed by atoms with Gasteiger partial charge >= 0.3 is 12.2 Å². The molecule has 0 aromatic heterocycles. The summed E-state index contributed by atoms with van der Waals surface area (Å²) >= 11 is 0. The fourth-order valence-corrected chi connectivity index (χ4v) is 1.87. The number of carbonyl (C=O) groups excluding carboxylic acids is 1. The molecule has 1 heterocycles. The summed E-state index contributed by atoms with van der Waals surface area (Å²) in [6.07, 6.45) is -4.32. The summed E-state index contributed by atoms with van der Waals surface area (Å²) in [5, 5.41) is 0. The average Bonchev–Trinajstić information content (AvgIpc) is 2.61. The van der Waals surface area contributed by atoms with Crippen molar-refractivity contribution in [1.82, 2.24) is 9.80 Å². The van der Waals surface area contributed by atoms with Crippen LogP contribution in [0.25, 0.3) is 0 Å². The number of halogens is 3. The molecule has 1 fully saturated rings. The summed E-state index contributed by atoms with van der Waals surface area (Å²) in [5.41, 5.74) is 0.0303. The van der Waals surface area contributed by atoms with Crippen LogP contribution in [0.2, 0.25) is 0 Å². The van der Waals surface area contributed by atoms with E-state index in [1.165, 1.54) is 12.1 Å². The van der Waals surface area contributed by atoms with Crippen LogP contribution in [-0.2, 0) is 12.7 Å². The van der Waals surface area contributed by atoms with Crippen molar-refractivity contribution in [2.24, 2.45) is 0 Å². The number of rotatable bonds is 2. The summed E-state index contributed by atoms with van der Waals surface area (Å²) in [5.74, 6) is 0. The van der Waals surface area contributed by atoms with E-state index in [1.807, 2.05) is 0 Å². The van der Waals surface area contributed by atoms with Crippen LogP contribution in [-0.4, -0.2) is 36.0 Å². The van der Waals surface area contributed by atoms with Gasteiger partial charge in [-0.25, -0.2) is 4.79 Å². The van der Waals surface area contributed by atoms with E-state index in [2.05, 4.69) is 0 Å². The van der Waals surface area contributed by atoms with Crippen molar-refractivity contribution in [2.45, 2.75) is 12.7 Å². The second-order valence-corrected chi connectivity index (χ2v) is 4.32. The summed E-state index contributed by atoms with van der Waals surface area (Å²) < 4.78 is 37.1. The van der Waals surface area contributed by atoms with E-state index >= 15 is 0 Å². The zero-order valence-electron chi connectivity index (χ0n) is 9.87. The average molecular weight is 258 g/mol. The number of amides is 2. The maximum atomic E-state index is 12.4. The maximum absolute atomic E-state index is 12.4. The molecule has 98 valence electrons. The predicted molar refractivity (Wildman–Crippen MR) is 59.9 cm³/mol. The summed E-state index contributed by atoms with van der Waals surface area (Å²) in [4.78, 5) is 14.8. The number of nitrogens with zero attached hydrogens (tertiary/aromatic N) is 2. The molecule has 1 aromatic rings. The van der Waals surface area contributed by atoms with E-state index in [4.69, 9.17) is 0 Å². The number of urea groups is 1. The molecule has 0 bridgehead atoms. The van der Waals surface area contributed by atoms with Gasteiger partial charge in [-0.1, -0.05) is 12.1 Å². The maximum Gasteiger partial charge on any atom is 0.416 e. The topological polar surface area (TPSA) is 23.6 Å². The zero-order valence-corrected chi connectivity index (χ0v) is 9.87. The van der Waals surface area contributed by atoms with Crippen LogP contribution in [0.15, 0.2) is 24.3 Å². The molecule has 6 heteroatoms. The molecule has 0 atom stereocenters. The van der Waals surface area contributed by atoms with Gasteiger partial charge in [0.05, 0.1) is 5.56 Å². The van der Waals surface area contributed by atoms with Crippen LogP contribution in [0.4, 0.5) is 18.0 Å². The minimum absolute atomic E-state index is 0.0881. The second kappa shape index (κ2) is 4.51. The fraction of sp³-hybridized carbons (Fsp3) is 0.417. The SMILES string of the molecule is CN1CCN(Cc2ccc(C(F)(F)F)cc2)C1=O. The Balaban J connectivity index is 2.05. The van der Waals surface area contributed by atoms with Gasteiger partial charge in [0.2, 0.25) is 0 Å². The lowest BCUT2D eigenvalue weighted by atomic mass is 10.1. The van der Waals surface area contributed by atoms with Crippen LogP contribution in [0.3, 0.4) is 0 Å². The first-order valence-corrected chi connectivity index (χ1v) is 5.54. The lowest BCUT2D eigenvalue weighted by molar-refractivity contribution is -0.137. The second-order valence-electron chi connectivity index (χ2n) is 4.32. The molecule has 0 spiro atoms. The summed E-state index contributed by atoms with van der Waals surface area (Å²) in [6, 6.07) is 4.82. The first-order chi connectivity index (χ1) is 8.38. The molecule has 1 aromatic carbocycles. The van der Waals surface area contributed by atoms with Crippen molar-refractivity contribution in [3.05, 3.63) is 35.4 Å². The highest BCUT2D eigenvalue weighted by molar-refractivity contribution is 5.76. The number of benzene rings is 1. The molecule has 2 rings (SSSR count). The Morgan fingerprint density at radius 1 is 1.17 bits per heavy atom. The molecule has 2 amide bonds. The lowest BCUT2D eigenvalue weighted by Gasteiger charge is -2.16. The zero-order chi connectivity index (χ0) is 13.3. The Morgan fingerprint density at radius 3 is 2.22 bits per heavy atom.